The third-order valence-corrected chi connectivity index (χ3v) is 7.28. The second-order valence-electron chi connectivity index (χ2n) is 8.81. The number of benzene rings is 2. The summed E-state index contributed by atoms with van der Waals surface area (Å²) in [7, 11) is 1.69. The number of hydrogen-bond acceptors (Lipinski definition) is 5. The van der Waals surface area contributed by atoms with E-state index in [0.717, 1.165) is 60.4 Å². The molecule has 0 unspecified atom stereocenters. The van der Waals surface area contributed by atoms with Gasteiger partial charge in [-0.05, 0) is 61.5 Å². The molecule has 1 fully saturated rings. The summed E-state index contributed by atoms with van der Waals surface area (Å²) in [5.41, 5.74) is 4.35. The van der Waals surface area contributed by atoms with Crippen LogP contribution >= 0.6 is 11.8 Å². The lowest BCUT2D eigenvalue weighted by Crippen LogP contribution is -2.23. The van der Waals surface area contributed by atoms with E-state index in [9.17, 15) is 4.79 Å². The van der Waals surface area contributed by atoms with Crippen LogP contribution in [0.3, 0.4) is 0 Å². The maximum absolute atomic E-state index is 10.7. The van der Waals surface area contributed by atoms with Crippen molar-refractivity contribution in [2.75, 3.05) is 26.6 Å². The molecule has 1 aliphatic carbocycles. The fraction of sp³-hybridized carbons (Fsp3) is 0.407. The molecule has 2 aromatic carbocycles. The third-order valence-electron chi connectivity index (χ3n) is 6.48. The lowest BCUT2D eigenvalue weighted by atomic mass is 9.82. The molecule has 3 aromatic rings. The van der Waals surface area contributed by atoms with Crippen molar-refractivity contribution in [2.24, 2.45) is 11.8 Å². The SMILES string of the molecule is COc1cccc(-c2c(-c3ccccc3)nn(C[C@H]3CC[C@@H](COCC(=O)O)CC3)c2SC)c1. The van der Waals surface area contributed by atoms with E-state index >= 15 is 0 Å². The molecule has 34 heavy (non-hydrogen) atoms. The number of methoxy groups -OCH3 is 1. The van der Waals surface area contributed by atoms with Crippen LogP contribution in [-0.2, 0) is 16.1 Å². The van der Waals surface area contributed by atoms with Crippen LogP contribution in [0.2, 0.25) is 0 Å². The minimum absolute atomic E-state index is 0.209. The van der Waals surface area contributed by atoms with Crippen LogP contribution in [0.4, 0.5) is 0 Å². The van der Waals surface area contributed by atoms with Crippen LogP contribution in [0.5, 0.6) is 5.75 Å². The first-order chi connectivity index (χ1) is 16.6. The molecule has 1 heterocycles. The van der Waals surface area contributed by atoms with Crippen LogP contribution < -0.4 is 4.74 Å². The highest BCUT2D eigenvalue weighted by Crippen LogP contribution is 2.41. The normalized spacial score (nSPS) is 18.1. The monoisotopic (exact) mass is 480 g/mol. The van der Waals surface area contributed by atoms with Gasteiger partial charge in [0.1, 0.15) is 23.1 Å². The van der Waals surface area contributed by atoms with Crippen LogP contribution in [-0.4, -0.2) is 47.4 Å². The Balaban J connectivity index is 1.58. The standard InChI is InChI=1S/C27H32N2O4S/c1-32-23-10-6-9-22(15-23)25-26(21-7-4-3-5-8-21)28-29(27(25)34-2)16-19-11-13-20(14-12-19)17-33-18-24(30)31/h3-10,15,19-20H,11-14,16-18H2,1-2H3,(H,30,31)/t19-,20+. The molecule has 0 radical (unpaired) electrons. The Morgan fingerprint density at radius 1 is 1.06 bits per heavy atom. The van der Waals surface area contributed by atoms with Gasteiger partial charge in [-0.15, -0.1) is 11.8 Å². The van der Waals surface area contributed by atoms with Crippen molar-refractivity contribution in [3.63, 3.8) is 0 Å². The van der Waals surface area contributed by atoms with Gasteiger partial charge in [0.05, 0.1) is 13.7 Å². The van der Waals surface area contributed by atoms with Crippen molar-refractivity contribution in [2.45, 2.75) is 37.3 Å². The van der Waals surface area contributed by atoms with Gasteiger partial charge in [-0.1, -0.05) is 42.5 Å². The maximum Gasteiger partial charge on any atom is 0.329 e. The summed E-state index contributed by atoms with van der Waals surface area (Å²) >= 11 is 1.73. The summed E-state index contributed by atoms with van der Waals surface area (Å²) in [6.07, 6.45) is 6.44. The largest absolute Gasteiger partial charge is 0.497 e. The van der Waals surface area contributed by atoms with E-state index in [1.807, 2.05) is 18.2 Å². The predicted molar refractivity (Wildman–Crippen MR) is 135 cm³/mol. The molecule has 0 spiro atoms. The molecule has 7 heteroatoms. The van der Waals surface area contributed by atoms with Gasteiger partial charge in [-0.25, -0.2) is 4.79 Å². The molecule has 0 saturated heterocycles. The van der Waals surface area contributed by atoms with Gasteiger partial charge in [0.15, 0.2) is 0 Å². The Kier molecular flexibility index (Phi) is 8.29. The Labute approximate surface area is 205 Å². The fourth-order valence-electron chi connectivity index (χ4n) is 4.75. The highest BCUT2D eigenvalue weighted by molar-refractivity contribution is 7.98. The van der Waals surface area contributed by atoms with Crippen molar-refractivity contribution in [1.29, 1.82) is 0 Å². The second kappa shape index (κ2) is 11.6. The number of carboxylic acids is 1. The lowest BCUT2D eigenvalue weighted by Gasteiger charge is -2.28. The van der Waals surface area contributed by atoms with Gasteiger partial charge in [0.25, 0.3) is 0 Å². The molecule has 1 N–H and O–H groups in total. The minimum Gasteiger partial charge on any atom is -0.497 e. The Morgan fingerprint density at radius 3 is 2.44 bits per heavy atom. The van der Waals surface area contributed by atoms with Crippen LogP contribution in [0.15, 0.2) is 59.6 Å². The Bertz CT molecular complexity index is 1090. The van der Waals surface area contributed by atoms with Gasteiger partial charge in [0, 0.05) is 17.7 Å². The zero-order valence-corrected chi connectivity index (χ0v) is 20.6. The number of nitrogens with zero attached hydrogens (tertiary/aromatic N) is 2. The first-order valence-electron chi connectivity index (χ1n) is 11.7. The molecular formula is C27H32N2O4S. The molecule has 180 valence electrons. The van der Waals surface area contributed by atoms with Gasteiger partial charge in [0.2, 0.25) is 0 Å². The number of thioether (sulfide) groups is 1. The number of carbonyl (C=O) groups is 1. The molecular weight excluding hydrogens is 448 g/mol. The van der Waals surface area contributed by atoms with Crippen molar-refractivity contribution in [3.8, 4) is 28.1 Å². The molecule has 0 aliphatic heterocycles. The number of ether oxygens (including phenoxy) is 2. The molecule has 0 bridgehead atoms. The summed E-state index contributed by atoms with van der Waals surface area (Å²) in [4.78, 5) is 10.7. The van der Waals surface area contributed by atoms with Crippen molar-refractivity contribution in [3.05, 3.63) is 54.6 Å². The van der Waals surface area contributed by atoms with E-state index in [0.29, 0.717) is 18.4 Å². The smallest absolute Gasteiger partial charge is 0.329 e. The van der Waals surface area contributed by atoms with Crippen molar-refractivity contribution < 1.29 is 19.4 Å². The summed E-state index contributed by atoms with van der Waals surface area (Å²) in [6, 6.07) is 18.6. The number of carboxylic acid groups (broad SMARTS) is 1. The zero-order chi connectivity index (χ0) is 23.9. The maximum atomic E-state index is 10.7. The molecule has 4 rings (SSSR count). The second-order valence-corrected chi connectivity index (χ2v) is 9.60. The van der Waals surface area contributed by atoms with E-state index in [4.69, 9.17) is 19.7 Å². The van der Waals surface area contributed by atoms with Crippen molar-refractivity contribution in [1.82, 2.24) is 9.78 Å². The number of rotatable bonds is 10. The first kappa shape index (κ1) is 24.4. The molecule has 0 atom stereocenters. The summed E-state index contributed by atoms with van der Waals surface area (Å²) in [5.74, 6) is 0.918. The molecule has 6 nitrogen and oxygen atoms in total. The van der Waals surface area contributed by atoms with Crippen LogP contribution in [0.25, 0.3) is 22.4 Å². The summed E-state index contributed by atoms with van der Waals surface area (Å²) in [5, 5.41) is 15.1. The van der Waals surface area contributed by atoms with Crippen LogP contribution in [0.1, 0.15) is 25.7 Å². The molecule has 1 saturated carbocycles. The van der Waals surface area contributed by atoms with Crippen LogP contribution in [0, 0.1) is 11.8 Å². The van der Waals surface area contributed by atoms with Crippen molar-refractivity contribution >= 4 is 17.7 Å². The van der Waals surface area contributed by atoms with E-state index < -0.39 is 5.97 Å². The van der Waals surface area contributed by atoms with E-state index in [-0.39, 0.29) is 6.61 Å². The first-order valence-corrected chi connectivity index (χ1v) is 13.0. The van der Waals surface area contributed by atoms with E-state index in [1.165, 1.54) is 5.03 Å². The van der Waals surface area contributed by atoms with E-state index in [1.54, 1.807) is 18.9 Å². The van der Waals surface area contributed by atoms with E-state index in [2.05, 4.69) is 47.3 Å². The minimum atomic E-state index is -0.905. The number of aromatic nitrogens is 2. The topological polar surface area (TPSA) is 73.6 Å². The van der Waals surface area contributed by atoms with Gasteiger partial charge in [-0.3, -0.25) is 4.68 Å². The van der Waals surface area contributed by atoms with Gasteiger partial charge in [-0.2, -0.15) is 5.10 Å². The highest BCUT2D eigenvalue weighted by atomic mass is 32.2. The predicted octanol–water partition coefficient (Wildman–Crippen LogP) is 5.86. The average Bonchev–Trinajstić information content (AvgIpc) is 3.23. The quantitative estimate of drug-likeness (QED) is 0.367. The Hall–Kier alpha value is -2.77. The molecule has 1 aliphatic rings. The molecule has 1 aromatic heterocycles. The highest BCUT2D eigenvalue weighted by Gasteiger charge is 2.26. The average molecular weight is 481 g/mol. The lowest BCUT2D eigenvalue weighted by molar-refractivity contribution is -0.142. The summed E-state index contributed by atoms with van der Waals surface area (Å²) in [6.45, 7) is 1.21. The number of hydrogen-bond donors (Lipinski definition) is 1. The number of aliphatic carboxylic acids is 1. The summed E-state index contributed by atoms with van der Waals surface area (Å²) < 4.78 is 13.0. The fourth-order valence-corrected chi connectivity index (χ4v) is 5.50. The zero-order valence-electron chi connectivity index (χ0n) is 19.8. The Morgan fingerprint density at radius 2 is 1.76 bits per heavy atom. The van der Waals surface area contributed by atoms with Gasteiger partial charge >= 0.3 is 5.97 Å². The third kappa shape index (κ3) is 5.83. The molecule has 0 amide bonds. The van der Waals surface area contributed by atoms with Gasteiger partial charge < -0.3 is 14.6 Å².